The molecule has 0 aliphatic carbocycles. The molecule has 3 aromatic rings. The van der Waals surface area contributed by atoms with Crippen molar-refractivity contribution >= 4 is 45.1 Å². The van der Waals surface area contributed by atoms with E-state index in [2.05, 4.69) is 15.9 Å². The fourth-order valence-corrected chi connectivity index (χ4v) is 3.73. The van der Waals surface area contributed by atoms with Gasteiger partial charge < -0.3 is 18.9 Å². The summed E-state index contributed by atoms with van der Waals surface area (Å²) in [7, 11) is 0. The van der Waals surface area contributed by atoms with Crippen LogP contribution in [0.1, 0.15) is 69.2 Å². The van der Waals surface area contributed by atoms with E-state index in [1.807, 2.05) is 0 Å². The quantitative estimate of drug-likeness (QED) is 0.142. The number of halogens is 1. The zero-order valence-electron chi connectivity index (χ0n) is 21.4. The molecule has 36 heavy (non-hydrogen) atoms. The number of rotatable bonds is 4. The van der Waals surface area contributed by atoms with Gasteiger partial charge in [0.1, 0.15) is 22.5 Å². The maximum atomic E-state index is 13.4. The lowest BCUT2D eigenvalue weighted by atomic mass is 10.0. The van der Waals surface area contributed by atoms with E-state index in [-0.39, 0.29) is 16.1 Å². The van der Waals surface area contributed by atoms with Crippen molar-refractivity contribution in [1.82, 2.24) is 4.57 Å². The second kappa shape index (κ2) is 10.3. The number of hydrogen-bond acceptors (Lipinski definition) is 7. The van der Waals surface area contributed by atoms with Crippen LogP contribution in [0.2, 0.25) is 0 Å². The first-order chi connectivity index (χ1) is 16.7. The third kappa shape index (κ3) is 6.66. The fourth-order valence-electron chi connectivity index (χ4n) is 3.37. The van der Waals surface area contributed by atoms with E-state index in [9.17, 15) is 14.4 Å². The Bertz CT molecular complexity index is 1280. The number of carbonyl (C=O) groups excluding carboxylic acids is 3. The van der Waals surface area contributed by atoms with Gasteiger partial charge in [-0.3, -0.25) is 4.57 Å². The Morgan fingerprint density at radius 3 is 2.06 bits per heavy atom. The van der Waals surface area contributed by atoms with Gasteiger partial charge in [-0.1, -0.05) is 34.1 Å². The summed E-state index contributed by atoms with van der Waals surface area (Å²) in [6.07, 6.45) is -0.120. The van der Waals surface area contributed by atoms with Crippen molar-refractivity contribution in [2.75, 3.05) is 0 Å². The topological polar surface area (TPSA) is 93.1 Å². The molecule has 3 rings (SSSR count). The third-order valence-electron chi connectivity index (χ3n) is 4.73. The average molecular weight is 560 g/mol. The molecule has 0 N–H and O–H groups in total. The normalized spacial score (nSPS) is 12.7. The summed E-state index contributed by atoms with van der Waals surface area (Å²) in [6.45, 7) is 12.2. The second-order valence-corrected chi connectivity index (χ2v) is 11.5. The highest BCUT2D eigenvalue weighted by Gasteiger charge is 2.30. The van der Waals surface area contributed by atoms with Crippen molar-refractivity contribution in [3.05, 3.63) is 59.8 Å². The van der Waals surface area contributed by atoms with Gasteiger partial charge in [0.2, 0.25) is 0 Å². The van der Waals surface area contributed by atoms with Gasteiger partial charge >= 0.3 is 18.2 Å². The van der Waals surface area contributed by atoms with Crippen molar-refractivity contribution in [3.63, 3.8) is 0 Å². The molecular formula is C27H30BrNO7. The van der Waals surface area contributed by atoms with Crippen LogP contribution in [-0.2, 0) is 9.47 Å². The van der Waals surface area contributed by atoms with Crippen LogP contribution in [0.4, 0.5) is 9.59 Å². The second-order valence-electron chi connectivity index (χ2n) is 10.2. The summed E-state index contributed by atoms with van der Waals surface area (Å²) in [6, 6.07) is 11.8. The zero-order chi connectivity index (χ0) is 26.8. The van der Waals surface area contributed by atoms with Crippen molar-refractivity contribution in [1.29, 1.82) is 0 Å². The average Bonchev–Trinajstić information content (AvgIpc) is 3.15. The number of hydrogen-bond donors (Lipinski definition) is 0. The Balaban J connectivity index is 2.22. The van der Waals surface area contributed by atoms with Crippen LogP contribution in [-0.4, -0.2) is 34.0 Å². The summed E-state index contributed by atoms with van der Waals surface area (Å²) in [5, 5.41) is 0.337. The van der Waals surface area contributed by atoms with Gasteiger partial charge in [-0.2, -0.15) is 0 Å². The first-order valence-electron chi connectivity index (χ1n) is 11.4. The molecule has 0 fully saturated rings. The van der Waals surface area contributed by atoms with Crippen LogP contribution in [0, 0.1) is 0 Å². The van der Waals surface area contributed by atoms with Crippen LogP contribution in [0.25, 0.3) is 10.9 Å². The molecule has 1 aromatic heterocycles. The number of carbonyl (C=O) groups is 3. The molecule has 0 saturated carbocycles. The first-order valence-corrected chi connectivity index (χ1v) is 12.3. The van der Waals surface area contributed by atoms with E-state index < -0.39 is 29.4 Å². The number of nitrogens with zero attached hydrogens (tertiary/aromatic N) is 1. The Morgan fingerprint density at radius 2 is 1.50 bits per heavy atom. The maximum Gasteiger partial charge on any atom is 0.514 e. The Kier molecular flexibility index (Phi) is 7.83. The molecule has 1 atom stereocenters. The number of alkyl halides is 1. The van der Waals surface area contributed by atoms with Gasteiger partial charge in [0, 0.05) is 16.4 Å². The summed E-state index contributed by atoms with van der Waals surface area (Å²) in [5.41, 5.74) is -0.688. The van der Waals surface area contributed by atoms with Crippen molar-refractivity contribution in [2.45, 2.75) is 64.5 Å². The zero-order valence-corrected chi connectivity index (χ0v) is 23.0. The molecule has 0 aliphatic rings. The highest BCUT2D eigenvalue weighted by Crippen LogP contribution is 2.40. The van der Waals surface area contributed by atoms with Crippen molar-refractivity contribution in [2.24, 2.45) is 0 Å². The number of esters is 1. The van der Waals surface area contributed by atoms with Gasteiger partial charge in [0.25, 0.3) is 0 Å². The largest absolute Gasteiger partial charge is 0.514 e. The van der Waals surface area contributed by atoms with Crippen LogP contribution in [0.15, 0.2) is 48.7 Å². The highest BCUT2D eigenvalue weighted by atomic mass is 79.9. The summed E-state index contributed by atoms with van der Waals surface area (Å²) < 4.78 is 23.4. The van der Waals surface area contributed by atoms with E-state index >= 15 is 0 Å². The van der Waals surface area contributed by atoms with Crippen molar-refractivity contribution in [3.8, 4) is 11.5 Å². The molecule has 192 valence electrons. The molecule has 0 radical (unpaired) electrons. The van der Waals surface area contributed by atoms with Crippen LogP contribution < -0.4 is 9.47 Å². The third-order valence-corrected chi connectivity index (χ3v) is 5.22. The summed E-state index contributed by atoms with van der Waals surface area (Å²) >= 11 is 3.52. The van der Waals surface area contributed by atoms with Gasteiger partial charge in [0.15, 0.2) is 5.75 Å². The number of benzene rings is 2. The standard InChI is InChI=1S/C27H30BrNO7/c1-16(28)19-15-20-18(13-14-29(20)24(31)35-26(2,3)4)22(34-25(32)36-27(5,6)7)21(19)23(30)33-17-11-9-8-10-12-17/h8-16H,1-7H3. The first kappa shape index (κ1) is 27.3. The molecule has 0 amide bonds. The van der Waals surface area contributed by atoms with Gasteiger partial charge in [-0.25, -0.2) is 14.4 Å². The number of aromatic nitrogens is 1. The Labute approximate surface area is 218 Å². The lowest BCUT2D eigenvalue weighted by Gasteiger charge is -2.22. The number of para-hydroxylation sites is 1. The molecule has 0 spiro atoms. The molecular weight excluding hydrogens is 530 g/mol. The summed E-state index contributed by atoms with van der Waals surface area (Å²) in [4.78, 5) is 38.7. The SMILES string of the molecule is CC(Br)c1cc2c(ccn2C(=O)OC(C)(C)C)c(OC(=O)OC(C)(C)C)c1C(=O)Oc1ccccc1. The lowest BCUT2D eigenvalue weighted by Crippen LogP contribution is -2.27. The van der Waals surface area contributed by atoms with Crippen molar-refractivity contribution < 1.29 is 33.3 Å². The minimum atomic E-state index is -0.998. The minimum Gasteiger partial charge on any atom is -0.443 e. The predicted octanol–water partition coefficient (Wildman–Crippen LogP) is 7.41. The van der Waals surface area contributed by atoms with E-state index in [0.29, 0.717) is 22.2 Å². The van der Waals surface area contributed by atoms with E-state index in [0.717, 1.165) is 0 Å². The molecule has 0 saturated heterocycles. The summed E-state index contributed by atoms with van der Waals surface area (Å²) in [5.74, 6) is -0.482. The number of fused-ring (bicyclic) bond motifs is 1. The molecule has 0 aliphatic heterocycles. The minimum absolute atomic E-state index is 0.0310. The monoisotopic (exact) mass is 559 g/mol. The fraction of sp³-hybridized carbons (Fsp3) is 0.370. The van der Waals surface area contributed by atoms with E-state index in [4.69, 9.17) is 18.9 Å². The molecule has 1 unspecified atom stereocenters. The maximum absolute atomic E-state index is 13.4. The van der Waals surface area contributed by atoms with Gasteiger partial charge in [0.05, 0.1) is 5.52 Å². The smallest absolute Gasteiger partial charge is 0.443 e. The van der Waals surface area contributed by atoms with E-state index in [1.54, 1.807) is 90.9 Å². The highest BCUT2D eigenvalue weighted by molar-refractivity contribution is 9.09. The predicted molar refractivity (Wildman–Crippen MR) is 139 cm³/mol. The Morgan fingerprint density at radius 1 is 0.889 bits per heavy atom. The molecule has 8 nitrogen and oxygen atoms in total. The molecule has 0 bridgehead atoms. The van der Waals surface area contributed by atoms with Crippen LogP contribution in [0.3, 0.4) is 0 Å². The Hall–Kier alpha value is -3.33. The van der Waals surface area contributed by atoms with Crippen LogP contribution >= 0.6 is 15.9 Å². The van der Waals surface area contributed by atoms with Gasteiger partial charge in [-0.15, -0.1) is 0 Å². The molecule has 1 heterocycles. The lowest BCUT2D eigenvalue weighted by molar-refractivity contribution is 0.0207. The molecule has 9 heteroatoms. The molecule has 2 aromatic carbocycles. The van der Waals surface area contributed by atoms with E-state index in [1.165, 1.54) is 10.8 Å². The number of ether oxygens (including phenoxy) is 4. The van der Waals surface area contributed by atoms with Gasteiger partial charge in [-0.05, 0) is 78.3 Å². The van der Waals surface area contributed by atoms with Crippen LogP contribution in [0.5, 0.6) is 11.5 Å².